The third-order valence-electron chi connectivity index (χ3n) is 3.56. The van der Waals surface area contributed by atoms with Gasteiger partial charge in [0, 0.05) is 13.2 Å². The highest BCUT2D eigenvalue weighted by atomic mass is 16.7. The smallest absolute Gasteiger partial charge is 0.400 e. The SMILES string of the molecule is COCc1cc(/C=C/B2OC(C)(C)C(C)(C)O2)no1. The molecule has 1 fully saturated rings. The molecule has 0 spiro atoms. The van der Waals surface area contributed by atoms with Crippen LogP contribution in [0.2, 0.25) is 0 Å². The highest BCUT2D eigenvalue weighted by molar-refractivity contribution is 6.52. The molecule has 0 aliphatic carbocycles. The van der Waals surface area contributed by atoms with E-state index in [-0.39, 0.29) is 18.3 Å². The first-order chi connectivity index (χ1) is 8.84. The standard InChI is InChI=1S/C13H20BNO4/c1-12(2)13(3,4)19-14(18-12)7-6-10-8-11(9-16-5)17-15-10/h6-8H,9H2,1-5H3/b7-6+. The van der Waals surface area contributed by atoms with Crippen LogP contribution in [0.15, 0.2) is 16.6 Å². The Morgan fingerprint density at radius 1 is 1.26 bits per heavy atom. The molecule has 1 aliphatic heterocycles. The van der Waals surface area contributed by atoms with E-state index in [1.807, 2.05) is 45.8 Å². The second-order valence-electron chi connectivity index (χ2n) is 5.63. The summed E-state index contributed by atoms with van der Waals surface area (Å²) in [4.78, 5) is 0. The van der Waals surface area contributed by atoms with E-state index in [0.717, 1.165) is 5.69 Å². The van der Waals surface area contributed by atoms with Gasteiger partial charge in [-0.1, -0.05) is 11.1 Å². The van der Waals surface area contributed by atoms with Crippen molar-refractivity contribution in [2.45, 2.75) is 45.5 Å². The summed E-state index contributed by atoms with van der Waals surface area (Å²) in [6.07, 6.45) is 1.82. The Bertz CT molecular complexity index is 451. The van der Waals surface area contributed by atoms with Gasteiger partial charge in [-0.3, -0.25) is 0 Å². The zero-order valence-electron chi connectivity index (χ0n) is 12.1. The fourth-order valence-electron chi connectivity index (χ4n) is 1.76. The number of hydrogen-bond donors (Lipinski definition) is 0. The minimum atomic E-state index is -0.368. The maximum absolute atomic E-state index is 5.85. The van der Waals surface area contributed by atoms with Gasteiger partial charge < -0.3 is 18.6 Å². The van der Waals surface area contributed by atoms with Crippen molar-refractivity contribution in [3.05, 3.63) is 23.5 Å². The summed E-state index contributed by atoms with van der Waals surface area (Å²) in [6.45, 7) is 8.50. The lowest BCUT2D eigenvalue weighted by molar-refractivity contribution is 0.00578. The maximum atomic E-state index is 5.85. The topological polar surface area (TPSA) is 53.7 Å². The molecule has 0 N–H and O–H groups in total. The van der Waals surface area contributed by atoms with Crippen LogP contribution >= 0.6 is 0 Å². The first-order valence-electron chi connectivity index (χ1n) is 6.32. The largest absolute Gasteiger partial charge is 0.487 e. The van der Waals surface area contributed by atoms with Gasteiger partial charge >= 0.3 is 7.12 Å². The molecule has 2 rings (SSSR count). The lowest BCUT2D eigenvalue weighted by Gasteiger charge is -2.32. The number of nitrogens with zero attached hydrogens (tertiary/aromatic N) is 1. The van der Waals surface area contributed by atoms with Crippen molar-refractivity contribution in [3.63, 3.8) is 0 Å². The molecule has 0 aromatic carbocycles. The van der Waals surface area contributed by atoms with Gasteiger partial charge in [0.15, 0.2) is 5.76 Å². The lowest BCUT2D eigenvalue weighted by Crippen LogP contribution is -2.41. The van der Waals surface area contributed by atoms with Crippen molar-refractivity contribution in [2.75, 3.05) is 7.11 Å². The number of methoxy groups -OCH3 is 1. The summed E-state index contributed by atoms with van der Waals surface area (Å²) in [6, 6.07) is 1.82. The molecule has 1 aromatic heterocycles. The molecule has 0 saturated carbocycles. The van der Waals surface area contributed by atoms with Crippen LogP contribution in [0.3, 0.4) is 0 Å². The van der Waals surface area contributed by atoms with Gasteiger partial charge in [0.25, 0.3) is 0 Å². The van der Waals surface area contributed by atoms with Gasteiger partial charge in [-0.2, -0.15) is 0 Å². The highest BCUT2D eigenvalue weighted by Gasteiger charge is 2.50. The minimum Gasteiger partial charge on any atom is -0.400 e. The second-order valence-corrected chi connectivity index (χ2v) is 5.63. The molecular weight excluding hydrogens is 245 g/mol. The molecule has 1 aromatic rings. The number of rotatable bonds is 4. The Labute approximate surface area is 114 Å². The summed E-state index contributed by atoms with van der Waals surface area (Å²) in [5, 5.41) is 3.92. The highest BCUT2D eigenvalue weighted by Crippen LogP contribution is 2.36. The zero-order valence-corrected chi connectivity index (χ0v) is 12.1. The van der Waals surface area contributed by atoms with Gasteiger partial charge in [-0.25, -0.2) is 0 Å². The van der Waals surface area contributed by atoms with Crippen LogP contribution in [-0.2, 0) is 20.7 Å². The number of ether oxygens (including phenoxy) is 1. The third-order valence-corrected chi connectivity index (χ3v) is 3.56. The molecule has 2 heterocycles. The van der Waals surface area contributed by atoms with Gasteiger partial charge in [0.05, 0.1) is 11.2 Å². The van der Waals surface area contributed by atoms with E-state index in [2.05, 4.69) is 5.16 Å². The molecule has 0 bridgehead atoms. The molecule has 0 radical (unpaired) electrons. The van der Waals surface area contributed by atoms with Crippen LogP contribution in [0.5, 0.6) is 0 Å². The van der Waals surface area contributed by atoms with Gasteiger partial charge in [0.2, 0.25) is 0 Å². The van der Waals surface area contributed by atoms with E-state index < -0.39 is 0 Å². The molecule has 19 heavy (non-hydrogen) atoms. The van der Waals surface area contributed by atoms with Gasteiger partial charge in [-0.15, -0.1) is 0 Å². The summed E-state index contributed by atoms with van der Waals surface area (Å²) in [7, 11) is 1.25. The fraction of sp³-hybridized carbons (Fsp3) is 0.615. The quantitative estimate of drug-likeness (QED) is 0.783. The predicted octanol–water partition coefficient (Wildman–Crippen LogP) is 2.47. The van der Waals surface area contributed by atoms with Crippen LogP contribution in [0.25, 0.3) is 6.08 Å². The van der Waals surface area contributed by atoms with Crippen LogP contribution < -0.4 is 0 Å². The second kappa shape index (κ2) is 5.11. The van der Waals surface area contributed by atoms with Crippen molar-refractivity contribution >= 4 is 13.2 Å². The molecule has 0 atom stereocenters. The van der Waals surface area contributed by atoms with E-state index in [4.69, 9.17) is 18.6 Å². The lowest BCUT2D eigenvalue weighted by atomic mass is 9.90. The maximum Gasteiger partial charge on any atom is 0.487 e. The summed E-state index contributed by atoms with van der Waals surface area (Å²) in [5.41, 5.74) is 0.0712. The fourth-order valence-corrected chi connectivity index (χ4v) is 1.76. The molecule has 5 nitrogen and oxygen atoms in total. The van der Waals surface area contributed by atoms with E-state index >= 15 is 0 Å². The Balaban J connectivity index is 2.00. The Kier molecular flexibility index (Phi) is 3.85. The molecule has 0 amide bonds. The molecule has 1 aliphatic rings. The Morgan fingerprint density at radius 3 is 2.47 bits per heavy atom. The van der Waals surface area contributed by atoms with Crippen molar-refractivity contribution in [3.8, 4) is 0 Å². The molecule has 104 valence electrons. The van der Waals surface area contributed by atoms with Crippen LogP contribution in [0.1, 0.15) is 39.1 Å². The normalized spacial score (nSPS) is 21.4. The molecule has 0 unspecified atom stereocenters. The monoisotopic (exact) mass is 265 g/mol. The molecular formula is C13H20BNO4. The van der Waals surface area contributed by atoms with Crippen molar-refractivity contribution in [1.29, 1.82) is 0 Å². The van der Waals surface area contributed by atoms with Gasteiger partial charge in [-0.05, 0) is 33.8 Å². The van der Waals surface area contributed by atoms with Crippen LogP contribution in [-0.4, -0.2) is 30.6 Å². The summed E-state index contributed by atoms with van der Waals surface area (Å²) < 4.78 is 21.8. The van der Waals surface area contributed by atoms with Gasteiger partial charge in [0.1, 0.15) is 12.3 Å². The van der Waals surface area contributed by atoms with Crippen molar-refractivity contribution < 1.29 is 18.6 Å². The first kappa shape index (κ1) is 14.3. The average Bonchev–Trinajstić information content (AvgIpc) is 2.80. The number of hydrogen-bond acceptors (Lipinski definition) is 5. The number of aromatic nitrogens is 1. The van der Waals surface area contributed by atoms with Crippen LogP contribution in [0.4, 0.5) is 0 Å². The summed E-state index contributed by atoms with van der Waals surface area (Å²) >= 11 is 0. The minimum absolute atomic E-state index is 0.326. The summed E-state index contributed by atoms with van der Waals surface area (Å²) in [5.74, 6) is 2.53. The van der Waals surface area contributed by atoms with E-state index in [1.54, 1.807) is 7.11 Å². The first-order valence-corrected chi connectivity index (χ1v) is 6.32. The van der Waals surface area contributed by atoms with Crippen molar-refractivity contribution in [1.82, 2.24) is 5.16 Å². The Hall–Kier alpha value is -1.11. The predicted molar refractivity (Wildman–Crippen MR) is 72.3 cm³/mol. The van der Waals surface area contributed by atoms with Crippen molar-refractivity contribution in [2.24, 2.45) is 0 Å². The average molecular weight is 265 g/mol. The van der Waals surface area contributed by atoms with Crippen LogP contribution in [0, 0.1) is 0 Å². The van der Waals surface area contributed by atoms with E-state index in [1.165, 1.54) is 0 Å². The molecule has 6 heteroatoms. The van der Waals surface area contributed by atoms with E-state index in [0.29, 0.717) is 12.4 Å². The molecule has 1 saturated heterocycles. The third kappa shape index (κ3) is 3.08. The van der Waals surface area contributed by atoms with E-state index in [9.17, 15) is 0 Å². The zero-order chi connectivity index (χ0) is 14.1. The Morgan fingerprint density at radius 2 is 1.89 bits per heavy atom.